The minimum atomic E-state index is 1.06. The third kappa shape index (κ3) is 2.16. The fraction of sp³-hybridized carbons (Fsp3) is 0.538. The second kappa shape index (κ2) is 4.61. The molecule has 0 saturated carbocycles. The van der Waals surface area contributed by atoms with E-state index in [-0.39, 0.29) is 0 Å². The summed E-state index contributed by atoms with van der Waals surface area (Å²) in [4.78, 5) is 0. The zero-order chi connectivity index (χ0) is 9.80. The molecule has 0 spiro atoms. The van der Waals surface area contributed by atoms with Crippen molar-refractivity contribution in [2.75, 3.05) is 6.54 Å². The maximum Gasteiger partial charge on any atom is 0.0208 e. The van der Waals surface area contributed by atoms with Gasteiger partial charge in [-0.05, 0) is 48.9 Å². The molecule has 1 aliphatic heterocycles. The Morgan fingerprint density at radius 1 is 1.21 bits per heavy atom. The molecule has 0 fully saturated rings. The Morgan fingerprint density at radius 3 is 3.00 bits per heavy atom. The Morgan fingerprint density at radius 2 is 2.14 bits per heavy atom. The van der Waals surface area contributed by atoms with Crippen molar-refractivity contribution >= 4 is 0 Å². The number of rotatable bonds is 1. The van der Waals surface area contributed by atoms with Crippen LogP contribution in [0.15, 0.2) is 18.2 Å². The number of nitrogens with one attached hydrogen (secondary N) is 1. The monoisotopic (exact) mass is 189 g/mol. The van der Waals surface area contributed by atoms with Crippen LogP contribution in [-0.4, -0.2) is 6.54 Å². The van der Waals surface area contributed by atoms with Crippen molar-refractivity contribution in [1.29, 1.82) is 0 Å². The fourth-order valence-electron chi connectivity index (χ4n) is 2.10. The summed E-state index contributed by atoms with van der Waals surface area (Å²) in [6.07, 6.45) is 5.05. The van der Waals surface area contributed by atoms with E-state index >= 15 is 0 Å². The molecule has 0 aromatic heterocycles. The number of aryl methyl sites for hydroxylation is 2. The molecule has 2 rings (SSSR count). The molecular weight excluding hydrogens is 170 g/mol. The van der Waals surface area contributed by atoms with Gasteiger partial charge in [-0.1, -0.05) is 25.1 Å². The molecule has 0 atom stereocenters. The smallest absolute Gasteiger partial charge is 0.0208 e. The number of hydrogen-bond donors (Lipinski definition) is 1. The first-order chi connectivity index (χ1) is 6.90. The van der Waals surface area contributed by atoms with Gasteiger partial charge in [-0.3, -0.25) is 0 Å². The lowest BCUT2D eigenvalue weighted by Crippen LogP contribution is -2.18. The van der Waals surface area contributed by atoms with Crippen molar-refractivity contribution < 1.29 is 0 Å². The minimum Gasteiger partial charge on any atom is -0.313 e. The summed E-state index contributed by atoms with van der Waals surface area (Å²) in [5.41, 5.74) is 4.53. The van der Waals surface area contributed by atoms with E-state index in [4.69, 9.17) is 0 Å². The molecule has 0 aliphatic carbocycles. The van der Waals surface area contributed by atoms with Crippen LogP contribution in [0.4, 0.5) is 0 Å². The Kier molecular flexibility index (Phi) is 3.20. The van der Waals surface area contributed by atoms with Crippen molar-refractivity contribution in [2.45, 2.75) is 39.2 Å². The van der Waals surface area contributed by atoms with Crippen molar-refractivity contribution in [2.24, 2.45) is 0 Å². The van der Waals surface area contributed by atoms with Gasteiger partial charge in [0, 0.05) is 6.54 Å². The topological polar surface area (TPSA) is 12.0 Å². The average molecular weight is 189 g/mol. The summed E-state index contributed by atoms with van der Waals surface area (Å²) < 4.78 is 0. The molecule has 14 heavy (non-hydrogen) atoms. The van der Waals surface area contributed by atoms with Crippen molar-refractivity contribution in [3.8, 4) is 0 Å². The quantitative estimate of drug-likeness (QED) is 0.716. The molecule has 0 saturated heterocycles. The van der Waals surface area contributed by atoms with Crippen LogP contribution in [0.1, 0.15) is 36.5 Å². The van der Waals surface area contributed by atoms with Crippen LogP contribution < -0.4 is 5.32 Å². The highest BCUT2D eigenvalue weighted by atomic mass is 14.8. The van der Waals surface area contributed by atoms with Gasteiger partial charge in [-0.15, -0.1) is 0 Å². The highest BCUT2D eigenvalue weighted by molar-refractivity contribution is 5.32. The summed E-state index contributed by atoms with van der Waals surface area (Å²) in [6, 6.07) is 6.97. The highest BCUT2D eigenvalue weighted by Gasteiger charge is 2.06. The molecule has 1 aromatic carbocycles. The number of fused-ring (bicyclic) bond motifs is 1. The molecule has 1 nitrogen and oxygen atoms in total. The third-order valence-electron chi connectivity index (χ3n) is 3.04. The predicted octanol–water partition coefficient (Wildman–Crippen LogP) is 2.67. The Labute approximate surface area is 86.5 Å². The molecule has 0 radical (unpaired) electrons. The molecular formula is C13H19N. The molecule has 0 unspecified atom stereocenters. The van der Waals surface area contributed by atoms with Crippen molar-refractivity contribution in [3.63, 3.8) is 0 Å². The Bertz CT molecular complexity index is 304. The zero-order valence-electron chi connectivity index (χ0n) is 8.97. The Balaban J connectivity index is 2.26. The molecule has 76 valence electrons. The van der Waals surface area contributed by atoms with E-state index in [1.165, 1.54) is 36.9 Å². The summed E-state index contributed by atoms with van der Waals surface area (Å²) in [5.74, 6) is 0. The van der Waals surface area contributed by atoms with Crippen molar-refractivity contribution in [1.82, 2.24) is 5.32 Å². The first kappa shape index (κ1) is 9.72. The van der Waals surface area contributed by atoms with Crippen molar-refractivity contribution in [3.05, 3.63) is 34.9 Å². The van der Waals surface area contributed by atoms with Crippen LogP contribution in [0, 0.1) is 0 Å². The van der Waals surface area contributed by atoms with Crippen LogP contribution in [-0.2, 0) is 19.4 Å². The fourth-order valence-corrected chi connectivity index (χ4v) is 2.10. The summed E-state index contributed by atoms with van der Waals surface area (Å²) >= 11 is 0. The van der Waals surface area contributed by atoms with Crippen LogP contribution in [0.3, 0.4) is 0 Å². The predicted molar refractivity (Wildman–Crippen MR) is 60.5 cm³/mol. The average Bonchev–Trinajstić information content (AvgIpc) is 2.18. The maximum atomic E-state index is 3.49. The summed E-state index contributed by atoms with van der Waals surface area (Å²) in [6.45, 7) is 4.46. The van der Waals surface area contributed by atoms with Gasteiger partial charge >= 0.3 is 0 Å². The van der Waals surface area contributed by atoms with E-state index in [2.05, 4.69) is 30.4 Å². The molecule has 1 heterocycles. The van der Waals surface area contributed by atoms with E-state index in [1.807, 2.05) is 0 Å². The molecule has 0 amide bonds. The van der Waals surface area contributed by atoms with Gasteiger partial charge in [0.1, 0.15) is 0 Å². The summed E-state index contributed by atoms with van der Waals surface area (Å²) in [7, 11) is 0. The molecule has 1 N–H and O–H groups in total. The zero-order valence-corrected chi connectivity index (χ0v) is 8.97. The first-order valence-corrected chi connectivity index (χ1v) is 5.71. The van der Waals surface area contributed by atoms with E-state index in [0.29, 0.717) is 0 Å². The molecule has 0 bridgehead atoms. The minimum absolute atomic E-state index is 1.06. The molecule has 1 aromatic rings. The van der Waals surface area contributed by atoms with Gasteiger partial charge in [0.25, 0.3) is 0 Å². The molecule has 1 aliphatic rings. The van der Waals surface area contributed by atoms with Gasteiger partial charge in [0.2, 0.25) is 0 Å². The van der Waals surface area contributed by atoms with Crippen LogP contribution in [0.2, 0.25) is 0 Å². The lowest BCUT2D eigenvalue weighted by molar-refractivity contribution is 0.598. The lowest BCUT2D eigenvalue weighted by atomic mass is 9.97. The second-order valence-corrected chi connectivity index (χ2v) is 4.09. The van der Waals surface area contributed by atoms with E-state index in [0.717, 1.165) is 13.0 Å². The second-order valence-electron chi connectivity index (χ2n) is 4.09. The van der Waals surface area contributed by atoms with E-state index < -0.39 is 0 Å². The SMILES string of the molecule is CCc1ccc2c(c1)CNCCCC2. The van der Waals surface area contributed by atoms with Crippen LogP contribution in [0.5, 0.6) is 0 Å². The molecule has 1 heteroatoms. The van der Waals surface area contributed by atoms with Crippen LogP contribution in [0.25, 0.3) is 0 Å². The largest absolute Gasteiger partial charge is 0.313 e. The Hall–Kier alpha value is -0.820. The van der Waals surface area contributed by atoms with Gasteiger partial charge in [0.05, 0.1) is 0 Å². The van der Waals surface area contributed by atoms with Gasteiger partial charge in [-0.2, -0.15) is 0 Å². The van der Waals surface area contributed by atoms with Crippen LogP contribution >= 0.6 is 0 Å². The standard InChI is InChI=1S/C13H19N/c1-2-11-6-7-12-5-3-4-8-14-10-13(12)9-11/h6-7,9,14H,2-5,8,10H2,1H3. The highest BCUT2D eigenvalue weighted by Crippen LogP contribution is 2.16. The van der Waals surface area contributed by atoms with Gasteiger partial charge in [-0.25, -0.2) is 0 Å². The number of benzene rings is 1. The van der Waals surface area contributed by atoms with E-state index in [1.54, 1.807) is 5.56 Å². The lowest BCUT2D eigenvalue weighted by Gasteiger charge is -2.15. The summed E-state index contributed by atoms with van der Waals surface area (Å²) in [5, 5.41) is 3.49. The van der Waals surface area contributed by atoms with Gasteiger partial charge in [0.15, 0.2) is 0 Å². The van der Waals surface area contributed by atoms with E-state index in [9.17, 15) is 0 Å². The van der Waals surface area contributed by atoms with Gasteiger partial charge < -0.3 is 5.32 Å². The number of hydrogen-bond acceptors (Lipinski definition) is 1. The maximum absolute atomic E-state index is 3.49. The normalized spacial score (nSPS) is 16.9. The third-order valence-corrected chi connectivity index (χ3v) is 3.04. The first-order valence-electron chi connectivity index (χ1n) is 5.71.